The van der Waals surface area contributed by atoms with Gasteiger partial charge < -0.3 is 15.2 Å². The Morgan fingerprint density at radius 1 is 1.14 bits per heavy atom. The smallest absolute Gasteiger partial charge is 0.269 e. The molecule has 2 aromatic heterocycles. The molecule has 1 amide bonds. The number of nitrogens with zero attached hydrogens (tertiary/aromatic N) is 4. The standard InChI is InChI=1S/C21H20N6O/c1-14-6-7-18-16(8-14)11-24-21(26-18)25-17-5-3-4-15(9-17)10-23-20(28)19-12-22-13-27(19)2/h3-9,11-13H,10H2,1-2H3,(H,23,28)(H,24,25,26). The third kappa shape index (κ3) is 3.83. The highest BCUT2D eigenvalue weighted by molar-refractivity contribution is 5.92. The van der Waals surface area contributed by atoms with Crippen LogP contribution in [0.4, 0.5) is 11.6 Å². The molecule has 2 aromatic carbocycles. The molecule has 0 saturated heterocycles. The van der Waals surface area contributed by atoms with Gasteiger partial charge in [-0.25, -0.2) is 15.0 Å². The Balaban J connectivity index is 1.46. The van der Waals surface area contributed by atoms with Gasteiger partial charge in [-0.2, -0.15) is 0 Å². The minimum absolute atomic E-state index is 0.161. The molecule has 0 atom stereocenters. The van der Waals surface area contributed by atoms with Gasteiger partial charge >= 0.3 is 0 Å². The Morgan fingerprint density at radius 3 is 2.86 bits per heavy atom. The van der Waals surface area contributed by atoms with Crippen LogP contribution in [-0.4, -0.2) is 25.4 Å². The van der Waals surface area contributed by atoms with Gasteiger partial charge in [-0.1, -0.05) is 23.8 Å². The van der Waals surface area contributed by atoms with E-state index >= 15 is 0 Å². The van der Waals surface area contributed by atoms with Crippen molar-refractivity contribution in [2.24, 2.45) is 7.05 Å². The summed E-state index contributed by atoms with van der Waals surface area (Å²) in [4.78, 5) is 25.1. The molecule has 0 radical (unpaired) electrons. The largest absolute Gasteiger partial charge is 0.347 e. The first-order valence-electron chi connectivity index (χ1n) is 8.92. The zero-order valence-electron chi connectivity index (χ0n) is 15.7. The monoisotopic (exact) mass is 372 g/mol. The molecule has 0 spiro atoms. The van der Waals surface area contributed by atoms with Crippen LogP contribution in [0.25, 0.3) is 10.9 Å². The molecule has 0 aliphatic heterocycles. The van der Waals surface area contributed by atoms with Crippen molar-refractivity contribution in [3.8, 4) is 0 Å². The number of aromatic nitrogens is 4. The van der Waals surface area contributed by atoms with Crippen molar-refractivity contribution < 1.29 is 4.79 Å². The quantitative estimate of drug-likeness (QED) is 0.561. The highest BCUT2D eigenvalue weighted by Gasteiger charge is 2.09. The SMILES string of the molecule is Cc1ccc2nc(Nc3cccc(CNC(=O)c4cncn4C)c3)ncc2c1. The van der Waals surface area contributed by atoms with Crippen LogP contribution in [-0.2, 0) is 13.6 Å². The number of carbonyl (C=O) groups excluding carboxylic acids is 1. The molecule has 0 aliphatic rings. The summed E-state index contributed by atoms with van der Waals surface area (Å²) in [5.74, 6) is 0.374. The lowest BCUT2D eigenvalue weighted by atomic mass is 10.2. The first kappa shape index (κ1) is 17.7. The summed E-state index contributed by atoms with van der Waals surface area (Å²) < 4.78 is 1.69. The molecule has 7 heteroatoms. The fourth-order valence-corrected chi connectivity index (χ4v) is 2.95. The van der Waals surface area contributed by atoms with Crippen LogP contribution < -0.4 is 10.6 Å². The lowest BCUT2D eigenvalue weighted by molar-refractivity contribution is 0.0942. The number of hydrogen-bond donors (Lipinski definition) is 2. The van der Waals surface area contributed by atoms with Gasteiger partial charge in [0.05, 0.1) is 18.0 Å². The van der Waals surface area contributed by atoms with E-state index in [9.17, 15) is 4.79 Å². The molecule has 7 nitrogen and oxygen atoms in total. The Kier molecular flexibility index (Phi) is 4.72. The molecule has 2 heterocycles. The Hall–Kier alpha value is -3.74. The lowest BCUT2D eigenvalue weighted by Crippen LogP contribution is -2.24. The zero-order chi connectivity index (χ0) is 19.5. The second kappa shape index (κ2) is 7.48. The number of hydrogen-bond acceptors (Lipinski definition) is 5. The maximum atomic E-state index is 12.2. The molecule has 0 fully saturated rings. The first-order valence-corrected chi connectivity index (χ1v) is 8.92. The molecule has 0 unspecified atom stereocenters. The Morgan fingerprint density at radius 2 is 2.04 bits per heavy atom. The summed E-state index contributed by atoms with van der Waals surface area (Å²) in [7, 11) is 1.79. The predicted octanol–water partition coefficient (Wildman–Crippen LogP) is 3.35. The maximum Gasteiger partial charge on any atom is 0.269 e. The number of amides is 1. The summed E-state index contributed by atoms with van der Waals surface area (Å²) in [5, 5.41) is 7.14. The summed E-state index contributed by atoms with van der Waals surface area (Å²) in [5.41, 5.74) is 4.42. The minimum atomic E-state index is -0.161. The van der Waals surface area contributed by atoms with Crippen LogP contribution in [0.5, 0.6) is 0 Å². The van der Waals surface area contributed by atoms with Crippen molar-refractivity contribution in [2.45, 2.75) is 13.5 Å². The maximum absolute atomic E-state index is 12.2. The molecule has 2 N–H and O–H groups in total. The van der Waals surface area contributed by atoms with E-state index in [2.05, 4.69) is 31.7 Å². The molecule has 0 bridgehead atoms. The number of carbonyl (C=O) groups is 1. The first-order chi connectivity index (χ1) is 13.6. The van der Waals surface area contributed by atoms with Gasteiger partial charge in [0.2, 0.25) is 5.95 Å². The molecule has 0 saturated carbocycles. The van der Waals surface area contributed by atoms with E-state index in [4.69, 9.17) is 0 Å². The van der Waals surface area contributed by atoms with Crippen molar-refractivity contribution in [3.63, 3.8) is 0 Å². The van der Waals surface area contributed by atoms with E-state index in [0.717, 1.165) is 22.2 Å². The molecule has 4 rings (SSSR count). The van der Waals surface area contributed by atoms with Gasteiger partial charge in [0.1, 0.15) is 5.69 Å². The van der Waals surface area contributed by atoms with E-state index in [0.29, 0.717) is 18.2 Å². The van der Waals surface area contributed by atoms with Crippen molar-refractivity contribution in [3.05, 3.63) is 78.0 Å². The van der Waals surface area contributed by atoms with Gasteiger partial charge in [-0.15, -0.1) is 0 Å². The van der Waals surface area contributed by atoms with E-state index < -0.39 is 0 Å². The molecular weight excluding hydrogens is 352 g/mol. The minimum Gasteiger partial charge on any atom is -0.347 e. The zero-order valence-corrected chi connectivity index (χ0v) is 15.7. The number of benzene rings is 2. The van der Waals surface area contributed by atoms with Crippen LogP contribution >= 0.6 is 0 Å². The molecular formula is C21H20N6O. The third-order valence-electron chi connectivity index (χ3n) is 4.42. The molecule has 0 aliphatic carbocycles. The molecule has 140 valence electrons. The van der Waals surface area contributed by atoms with Crippen molar-refractivity contribution in [1.82, 2.24) is 24.8 Å². The normalized spacial score (nSPS) is 10.8. The van der Waals surface area contributed by atoms with Crippen LogP contribution in [0, 0.1) is 6.92 Å². The fraction of sp³-hybridized carbons (Fsp3) is 0.143. The van der Waals surface area contributed by atoms with E-state index in [1.807, 2.05) is 49.5 Å². The Labute approximate surface area is 162 Å². The molecule has 4 aromatic rings. The highest BCUT2D eigenvalue weighted by atomic mass is 16.1. The van der Waals surface area contributed by atoms with E-state index in [1.54, 1.807) is 24.1 Å². The average molecular weight is 372 g/mol. The van der Waals surface area contributed by atoms with E-state index in [1.165, 1.54) is 5.56 Å². The van der Waals surface area contributed by atoms with Crippen LogP contribution in [0.2, 0.25) is 0 Å². The number of nitrogens with one attached hydrogen (secondary N) is 2. The highest BCUT2D eigenvalue weighted by Crippen LogP contribution is 2.18. The fourth-order valence-electron chi connectivity index (χ4n) is 2.95. The second-order valence-electron chi connectivity index (χ2n) is 6.65. The number of imidazole rings is 1. The van der Waals surface area contributed by atoms with Crippen molar-refractivity contribution in [2.75, 3.05) is 5.32 Å². The number of fused-ring (bicyclic) bond motifs is 1. The summed E-state index contributed by atoms with van der Waals surface area (Å²) >= 11 is 0. The van der Waals surface area contributed by atoms with Crippen LogP contribution in [0.3, 0.4) is 0 Å². The Bertz CT molecular complexity index is 1150. The number of rotatable bonds is 5. The van der Waals surface area contributed by atoms with Gasteiger partial charge in [-0.3, -0.25) is 4.79 Å². The number of aryl methyl sites for hydroxylation is 2. The van der Waals surface area contributed by atoms with Crippen molar-refractivity contribution in [1.29, 1.82) is 0 Å². The molecule has 28 heavy (non-hydrogen) atoms. The van der Waals surface area contributed by atoms with Gasteiger partial charge in [0, 0.05) is 30.9 Å². The predicted molar refractivity (Wildman–Crippen MR) is 108 cm³/mol. The topological polar surface area (TPSA) is 84.7 Å². The van der Waals surface area contributed by atoms with Gasteiger partial charge in [0.15, 0.2) is 0 Å². The third-order valence-corrected chi connectivity index (χ3v) is 4.42. The second-order valence-corrected chi connectivity index (χ2v) is 6.65. The van der Waals surface area contributed by atoms with Gasteiger partial charge in [-0.05, 0) is 36.8 Å². The summed E-state index contributed by atoms with van der Waals surface area (Å²) in [6, 6.07) is 13.9. The van der Waals surface area contributed by atoms with E-state index in [-0.39, 0.29) is 5.91 Å². The lowest BCUT2D eigenvalue weighted by Gasteiger charge is -2.09. The van der Waals surface area contributed by atoms with Crippen LogP contribution in [0.15, 0.2) is 61.2 Å². The summed E-state index contributed by atoms with van der Waals surface area (Å²) in [6.45, 7) is 2.46. The number of anilines is 2. The van der Waals surface area contributed by atoms with Crippen molar-refractivity contribution >= 4 is 28.4 Å². The summed E-state index contributed by atoms with van der Waals surface area (Å²) in [6.07, 6.45) is 4.96. The average Bonchev–Trinajstić information content (AvgIpc) is 3.12. The van der Waals surface area contributed by atoms with Crippen LogP contribution in [0.1, 0.15) is 21.6 Å². The van der Waals surface area contributed by atoms with Gasteiger partial charge in [0.25, 0.3) is 5.91 Å².